The van der Waals surface area contributed by atoms with E-state index < -0.39 is 0 Å². The summed E-state index contributed by atoms with van der Waals surface area (Å²) in [5.41, 5.74) is 2.53. The monoisotopic (exact) mass is 340 g/mol. The van der Waals surface area contributed by atoms with Gasteiger partial charge < -0.3 is 0 Å². The Morgan fingerprint density at radius 2 is 1.52 bits per heavy atom. The highest BCUT2D eigenvalue weighted by Crippen LogP contribution is 2.25. The first-order valence-corrected chi connectivity index (χ1v) is 8.39. The van der Waals surface area contributed by atoms with Gasteiger partial charge in [0.15, 0.2) is 0 Å². The van der Waals surface area contributed by atoms with E-state index in [1.54, 1.807) is 0 Å². The van der Waals surface area contributed by atoms with Crippen LogP contribution in [-0.4, -0.2) is 0 Å². The molecule has 0 aliphatic heterocycles. The Kier molecular flexibility index (Phi) is 6.41. The third-order valence-electron chi connectivity index (χ3n) is 3.79. The molecule has 112 valence electrons. The third kappa shape index (κ3) is 5.21. The molecule has 0 heterocycles. The minimum absolute atomic E-state index is 0.558. The molecule has 21 heavy (non-hydrogen) atoms. The van der Waals surface area contributed by atoms with Gasteiger partial charge in [0.1, 0.15) is 0 Å². The van der Waals surface area contributed by atoms with Gasteiger partial charge in [-0.2, -0.15) is 0 Å². The molecule has 0 radical (unpaired) electrons. The molecule has 2 rings (SSSR count). The highest BCUT2D eigenvalue weighted by molar-refractivity contribution is 6.35. The molecule has 0 saturated carbocycles. The molecule has 0 bridgehead atoms. The van der Waals surface area contributed by atoms with E-state index >= 15 is 0 Å². The molecule has 0 aliphatic carbocycles. The molecular weight excluding hydrogens is 323 g/mol. The average Bonchev–Trinajstić information content (AvgIpc) is 2.46. The SMILES string of the molecule is CC(CCCCc1ccc(Cl)cc1Cl)c1ccc(Cl)cc1. The van der Waals surface area contributed by atoms with Gasteiger partial charge in [-0.3, -0.25) is 0 Å². The Bertz CT molecular complexity index is 576. The topological polar surface area (TPSA) is 0 Å². The van der Waals surface area contributed by atoms with Crippen LogP contribution in [-0.2, 0) is 6.42 Å². The van der Waals surface area contributed by atoms with Crippen molar-refractivity contribution in [3.8, 4) is 0 Å². The van der Waals surface area contributed by atoms with Gasteiger partial charge in [0, 0.05) is 15.1 Å². The van der Waals surface area contributed by atoms with Gasteiger partial charge >= 0.3 is 0 Å². The second-order valence-corrected chi connectivity index (χ2v) is 6.71. The Labute approximate surface area is 142 Å². The predicted molar refractivity (Wildman–Crippen MR) is 93.9 cm³/mol. The molecule has 0 aliphatic rings. The number of hydrogen-bond donors (Lipinski definition) is 0. The first-order chi connectivity index (χ1) is 10.1. The fourth-order valence-electron chi connectivity index (χ4n) is 2.45. The van der Waals surface area contributed by atoms with Crippen molar-refractivity contribution in [3.05, 3.63) is 68.7 Å². The lowest BCUT2D eigenvalue weighted by Crippen LogP contribution is -1.95. The zero-order valence-corrected chi connectivity index (χ0v) is 14.3. The molecule has 0 spiro atoms. The Balaban J connectivity index is 1.77. The summed E-state index contributed by atoms with van der Waals surface area (Å²) in [6.45, 7) is 2.26. The van der Waals surface area contributed by atoms with E-state index in [2.05, 4.69) is 19.1 Å². The van der Waals surface area contributed by atoms with E-state index in [-0.39, 0.29) is 0 Å². The fourth-order valence-corrected chi connectivity index (χ4v) is 3.08. The van der Waals surface area contributed by atoms with Gasteiger partial charge in [-0.05, 0) is 60.6 Å². The van der Waals surface area contributed by atoms with Gasteiger partial charge in [-0.15, -0.1) is 0 Å². The van der Waals surface area contributed by atoms with Gasteiger partial charge in [0.25, 0.3) is 0 Å². The average molecular weight is 342 g/mol. The Morgan fingerprint density at radius 3 is 2.19 bits per heavy atom. The van der Waals surface area contributed by atoms with Crippen molar-refractivity contribution in [3.63, 3.8) is 0 Å². The first kappa shape index (κ1) is 16.7. The summed E-state index contributed by atoms with van der Waals surface area (Å²) in [6, 6.07) is 13.9. The van der Waals surface area contributed by atoms with Crippen molar-refractivity contribution in [1.29, 1.82) is 0 Å². The summed E-state index contributed by atoms with van der Waals surface area (Å²) >= 11 is 18.0. The molecule has 2 aromatic carbocycles. The maximum atomic E-state index is 6.18. The smallest absolute Gasteiger partial charge is 0.0452 e. The van der Waals surface area contributed by atoms with Gasteiger partial charge in [-0.1, -0.05) is 66.3 Å². The molecule has 1 atom stereocenters. The van der Waals surface area contributed by atoms with Crippen molar-refractivity contribution in [1.82, 2.24) is 0 Å². The summed E-state index contributed by atoms with van der Waals surface area (Å²) < 4.78 is 0. The van der Waals surface area contributed by atoms with E-state index in [1.807, 2.05) is 30.3 Å². The van der Waals surface area contributed by atoms with E-state index in [1.165, 1.54) is 24.0 Å². The number of rotatable bonds is 6. The highest BCUT2D eigenvalue weighted by atomic mass is 35.5. The number of halogens is 3. The summed E-state index contributed by atoms with van der Waals surface area (Å²) in [6.07, 6.45) is 4.50. The summed E-state index contributed by atoms with van der Waals surface area (Å²) in [7, 11) is 0. The number of hydrogen-bond acceptors (Lipinski definition) is 0. The lowest BCUT2D eigenvalue weighted by molar-refractivity contribution is 0.604. The molecule has 0 aromatic heterocycles. The normalized spacial score (nSPS) is 12.4. The van der Waals surface area contributed by atoms with Crippen LogP contribution in [0.4, 0.5) is 0 Å². The zero-order valence-electron chi connectivity index (χ0n) is 12.1. The van der Waals surface area contributed by atoms with Crippen LogP contribution in [0, 0.1) is 0 Å². The van der Waals surface area contributed by atoms with Crippen LogP contribution in [0.1, 0.15) is 43.2 Å². The number of benzene rings is 2. The van der Waals surface area contributed by atoms with Crippen molar-refractivity contribution in [2.45, 2.75) is 38.5 Å². The molecule has 1 unspecified atom stereocenters. The third-order valence-corrected chi connectivity index (χ3v) is 4.63. The number of aryl methyl sites for hydroxylation is 1. The maximum absolute atomic E-state index is 6.18. The molecule has 0 fully saturated rings. The second kappa shape index (κ2) is 8.08. The molecule has 2 aromatic rings. The maximum Gasteiger partial charge on any atom is 0.0452 e. The van der Waals surface area contributed by atoms with Crippen LogP contribution in [0.3, 0.4) is 0 Å². The van der Waals surface area contributed by atoms with E-state index in [0.717, 1.165) is 22.9 Å². The van der Waals surface area contributed by atoms with Crippen LogP contribution in [0.5, 0.6) is 0 Å². The predicted octanol–water partition coefficient (Wildman–Crippen LogP) is 7.16. The van der Waals surface area contributed by atoms with E-state index in [9.17, 15) is 0 Å². The minimum atomic E-state index is 0.558. The molecule has 0 N–H and O–H groups in total. The molecular formula is C18H19Cl3. The van der Waals surface area contributed by atoms with Crippen LogP contribution < -0.4 is 0 Å². The van der Waals surface area contributed by atoms with Gasteiger partial charge in [-0.25, -0.2) is 0 Å². The Morgan fingerprint density at radius 1 is 0.857 bits per heavy atom. The van der Waals surface area contributed by atoms with Crippen LogP contribution in [0.2, 0.25) is 15.1 Å². The van der Waals surface area contributed by atoms with Crippen molar-refractivity contribution in [2.75, 3.05) is 0 Å². The van der Waals surface area contributed by atoms with Crippen molar-refractivity contribution < 1.29 is 0 Å². The molecule has 0 amide bonds. The molecule has 0 saturated heterocycles. The van der Waals surface area contributed by atoms with Crippen molar-refractivity contribution in [2.24, 2.45) is 0 Å². The van der Waals surface area contributed by atoms with E-state index in [4.69, 9.17) is 34.8 Å². The molecule has 0 nitrogen and oxygen atoms in total. The highest BCUT2D eigenvalue weighted by Gasteiger charge is 2.06. The lowest BCUT2D eigenvalue weighted by Gasteiger charge is -2.12. The number of unbranched alkanes of at least 4 members (excludes halogenated alkanes) is 1. The van der Waals surface area contributed by atoms with Gasteiger partial charge in [0.2, 0.25) is 0 Å². The van der Waals surface area contributed by atoms with Crippen molar-refractivity contribution >= 4 is 34.8 Å². The largest absolute Gasteiger partial charge is 0.0843 e. The standard InChI is InChI=1S/C18H19Cl3/c1-13(14-6-9-16(19)10-7-14)4-2-3-5-15-8-11-17(20)12-18(15)21/h6-13H,2-5H2,1H3. The molecule has 3 heteroatoms. The van der Waals surface area contributed by atoms with E-state index in [0.29, 0.717) is 10.9 Å². The summed E-state index contributed by atoms with van der Waals surface area (Å²) in [4.78, 5) is 0. The summed E-state index contributed by atoms with van der Waals surface area (Å²) in [5.74, 6) is 0.558. The second-order valence-electron chi connectivity index (χ2n) is 5.43. The van der Waals surface area contributed by atoms with Crippen LogP contribution in [0.15, 0.2) is 42.5 Å². The fraction of sp³-hybridized carbons (Fsp3) is 0.333. The zero-order chi connectivity index (χ0) is 15.2. The van der Waals surface area contributed by atoms with Gasteiger partial charge in [0.05, 0.1) is 0 Å². The minimum Gasteiger partial charge on any atom is -0.0843 e. The first-order valence-electron chi connectivity index (χ1n) is 7.25. The quantitative estimate of drug-likeness (QED) is 0.489. The van der Waals surface area contributed by atoms with Crippen LogP contribution >= 0.6 is 34.8 Å². The summed E-state index contributed by atoms with van der Waals surface area (Å²) in [5, 5.41) is 2.26. The van der Waals surface area contributed by atoms with Crippen LogP contribution in [0.25, 0.3) is 0 Å². The lowest BCUT2D eigenvalue weighted by atomic mass is 9.94. The Hall–Kier alpha value is -0.690.